The molecule has 0 bridgehead atoms. The molecule has 0 amide bonds. The number of nitrogens with two attached hydrogens (primary N) is 1. The van der Waals surface area contributed by atoms with Crippen LogP contribution in [-0.4, -0.2) is 13.3 Å². The Kier molecular flexibility index (Phi) is 5.40. The average Bonchev–Trinajstić information content (AvgIpc) is 2.19. The van der Waals surface area contributed by atoms with Gasteiger partial charge >= 0.3 is 0 Å². The fourth-order valence-corrected chi connectivity index (χ4v) is 2.52. The summed E-state index contributed by atoms with van der Waals surface area (Å²) in [6.07, 6.45) is 8.26. The van der Waals surface area contributed by atoms with Crippen LogP contribution in [0.15, 0.2) is 0 Å². The maximum absolute atomic E-state index is 5.29. The smallest absolute Gasteiger partial charge is 0.0940 e. The highest BCUT2D eigenvalue weighted by atomic mass is 16.5. The molecule has 0 aromatic carbocycles. The van der Waals surface area contributed by atoms with Gasteiger partial charge in [0.2, 0.25) is 0 Å². The molecule has 1 fully saturated rings. The molecule has 1 aliphatic rings. The van der Waals surface area contributed by atoms with E-state index in [0.29, 0.717) is 6.73 Å². The van der Waals surface area contributed by atoms with Gasteiger partial charge < -0.3 is 10.5 Å². The van der Waals surface area contributed by atoms with Crippen molar-refractivity contribution in [1.82, 2.24) is 0 Å². The molecule has 0 radical (unpaired) electrons. The molecule has 2 N–H and O–H groups in total. The van der Waals surface area contributed by atoms with E-state index in [1.165, 1.54) is 38.5 Å². The molecule has 0 spiro atoms. The summed E-state index contributed by atoms with van der Waals surface area (Å²) in [5.41, 5.74) is 5.29. The minimum absolute atomic E-state index is 0.378. The van der Waals surface area contributed by atoms with Crippen LogP contribution in [0.3, 0.4) is 0 Å². The van der Waals surface area contributed by atoms with E-state index < -0.39 is 0 Å². The first-order valence-corrected chi connectivity index (χ1v) is 5.66. The van der Waals surface area contributed by atoms with E-state index in [0.717, 1.165) is 18.4 Å². The Labute approximate surface area is 81.8 Å². The molecule has 78 valence electrons. The SMILES string of the molecule is CCC1CCCCC1CCOCN. The first-order chi connectivity index (χ1) is 6.38. The second-order valence-corrected chi connectivity index (χ2v) is 4.08. The number of hydrogen-bond acceptors (Lipinski definition) is 2. The third-order valence-corrected chi connectivity index (χ3v) is 3.34. The van der Waals surface area contributed by atoms with Crippen LogP contribution in [0, 0.1) is 11.8 Å². The minimum atomic E-state index is 0.378. The quantitative estimate of drug-likeness (QED) is 0.527. The highest BCUT2D eigenvalue weighted by Gasteiger charge is 2.22. The van der Waals surface area contributed by atoms with Gasteiger partial charge in [0.25, 0.3) is 0 Å². The van der Waals surface area contributed by atoms with E-state index in [2.05, 4.69) is 6.92 Å². The molecule has 13 heavy (non-hydrogen) atoms. The molecule has 0 aliphatic heterocycles. The Morgan fingerprint density at radius 2 is 1.92 bits per heavy atom. The Morgan fingerprint density at radius 3 is 2.54 bits per heavy atom. The van der Waals surface area contributed by atoms with Crippen molar-refractivity contribution in [2.75, 3.05) is 13.3 Å². The highest BCUT2D eigenvalue weighted by Crippen LogP contribution is 2.34. The standard InChI is InChI=1S/C11H23NO/c1-2-10-5-3-4-6-11(10)7-8-13-9-12/h10-11H,2-9,12H2,1H3. The van der Waals surface area contributed by atoms with Crippen LogP contribution in [0.2, 0.25) is 0 Å². The zero-order chi connectivity index (χ0) is 9.52. The Morgan fingerprint density at radius 1 is 1.23 bits per heavy atom. The zero-order valence-corrected chi connectivity index (χ0v) is 8.80. The first kappa shape index (κ1) is 11.0. The average molecular weight is 185 g/mol. The maximum atomic E-state index is 5.29. The van der Waals surface area contributed by atoms with Crippen molar-refractivity contribution in [2.45, 2.75) is 45.4 Å². The maximum Gasteiger partial charge on any atom is 0.0940 e. The van der Waals surface area contributed by atoms with Crippen LogP contribution >= 0.6 is 0 Å². The topological polar surface area (TPSA) is 35.2 Å². The van der Waals surface area contributed by atoms with Crippen molar-refractivity contribution >= 4 is 0 Å². The second kappa shape index (κ2) is 6.39. The van der Waals surface area contributed by atoms with Gasteiger partial charge in [0.05, 0.1) is 6.73 Å². The summed E-state index contributed by atoms with van der Waals surface area (Å²) in [6.45, 7) is 3.55. The van der Waals surface area contributed by atoms with Crippen molar-refractivity contribution < 1.29 is 4.74 Å². The van der Waals surface area contributed by atoms with Gasteiger partial charge in [-0.25, -0.2) is 0 Å². The molecular weight excluding hydrogens is 162 g/mol. The molecule has 2 unspecified atom stereocenters. The second-order valence-electron chi connectivity index (χ2n) is 4.08. The Balaban J connectivity index is 2.19. The molecule has 2 nitrogen and oxygen atoms in total. The lowest BCUT2D eigenvalue weighted by Crippen LogP contribution is -2.21. The van der Waals surface area contributed by atoms with Crippen LogP contribution in [0.25, 0.3) is 0 Å². The lowest BCUT2D eigenvalue weighted by Gasteiger charge is -2.30. The van der Waals surface area contributed by atoms with Crippen LogP contribution < -0.4 is 5.73 Å². The van der Waals surface area contributed by atoms with Gasteiger partial charge in [-0.05, 0) is 18.3 Å². The van der Waals surface area contributed by atoms with Gasteiger partial charge in [-0.1, -0.05) is 39.0 Å². The Hall–Kier alpha value is -0.0800. The molecule has 1 saturated carbocycles. The minimum Gasteiger partial charge on any atom is -0.367 e. The molecule has 2 atom stereocenters. The summed E-state index contributed by atoms with van der Waals surface area (Å²) >= 11 is 0. The first-order valence-electron chi connectivity index (χ1n) is 5.66. The normalized spacial score (nSPS) is 29.1. The molecule has 2 heteroatoms. The third-order valence-electron chi connectivity index (χ3n) is 3.34. The van der Waals surface area contributed by atoms with Gasteiger partial charge in [0, 0.05) is 6.61 Å². The summed E-state index contributed by atoms with van der Waals surface area (Å²) in [5, 5.41) is 0. The van der Waals surface area contributed by atoms with E-state index in [-0.39, 0.29) is 0 Å². The van der Waals surface area contributed by atoms with Crippen molar-refractivity contribution in [3.8, 4) is 0 Å². The summed E-state index contributed by atoms with van der Waals surface area (Å²) in [7, 11) is 0. The zero-order valence-electron chi connectivity index (χ0n) is 8.80. The predicted molar refractivity (Wildman–Crippen MR) is 55.4 cm³/mol. The van der Waals surface area contributed by atoms with E-state index in [4.69, 9.17) is 10.5 Å². The molecule has 1 rings (SSSR count). The van der Waals surface area contributed by atoms with E-state index >= 15 is 0 Å². The number of ether oxygens (including phenoxy) is 1. The molecule has 1 aliphatic carbocycles. The van der Waals surface area contributed by atoms with Gasteiger partial charge in [-0.2, -0.15) is 0 Å². The summed E-state index contributed by atoms with van der Waals surface area (Å²) in [4.78, 5) is 0. The van der Waals surface area contributed by atoms with Crippen LogP contribution in [0.1, 0.15) is 45.4 Å². The van der Waals surface area contributed by atoms with Crippen LogP contribution in [0.4, 0.5) is 0 Å². The summed E-state index contributed by atoms with van der Waals surface area (Å²) in [6, 6.07) is 0. The molecule has 0 saturated heterocycles. The lowest BCUT2D eigenvalue weighted by molar-refractivity contribution is 0.102. The van der Waals surface area contributed by atoms with Gasteiger partial charge in [-0.15, -0.1) is 0 Å². The molecule has 0 heterocycles. The monoisotopic (exact) mass is 185 g/mol. The number of rotatable bonds is 5. The van der Waals surface area contributed by atoms with Gasteiger partial charge in [-0.3, -0.25) is 0 Å². The molecule has 0 aromatic heterocycles. The Bertz CT molecular complexity index is 127. The highest BCUT2D eigenvalue weighted by molar-refractivity contribution is 4.74. The summed E-state index contributed by atoms with van der Waals surface area (Å²) in [5.74, 6) is 1.86. The van der Waals surface area contributed by atoms with Gasteiger partial charge in [0.15, 0.2) is 0 Å². The van der Waals surface area contributed by atoms with Crippen LogP contribution in [0.5, 0.6) is 0 Å². The van der Waals surface area contributed by atoms with Crippen molar-refractivity contribution in [3.05, 3.63) is 0 Å². The third kappa shape index (κ3) is 3.65. The fraction of sp³-hybridized carbons (Fsp3) is 1.00. The molecule has 0 aromatic rings. The van der Waals surface area contributed by atoms with E-state index in [9.17, 15) is 0 Å². The van der Waals surface area contributed by atoms with Crippen molar-refractivity contribution in [1.29, 1.82) is 0 Å². The van der Waals surface area contributed by atoms with Crippen molar-refractivity contribution in [2.24, 2.45) is 17.6 Å². The van der Waals surface area contributed by atoms with Crippen LogP contribution in [-0.2, 0) is 4.74 Å². The fourth-order valence-electron chi connectivity index (χ4n) is 2.52. The van der Waals surface area contributed by atoms with E-state index in [1.807, 2.05) is 0 Å². The van der Waals surface area contributed by atoms with Gasteiger partial charge in [0.1, 0.15) is 0 Å². The van der Waals surface area contributed by atoms with Crippen molar-refractivity contribution in [3.63, 3.8) is 0 Å². The van der Waals surface area contributed by atoms with E-state index in [1.54, 1.807) is 0 Å². The lowest BCUT2D eigenvalue weighted by atomic mass is 9.76. The largest absolute Gasteiger partial charge is 0.367 e. The number of hydrogen-bond donors (Lipinski definition) is 1. The predicted octanol–water partition coefficient (Wildman–Crippen LogP) is 2.53. The molecular formula is C11H23NO. The summed E-state index contributed by atoms with van der Waals surface area (Å²) < 4.78 is 5.21.